The Kier molecular flexibility index (Phi) is 11.0. The van der Waals surface area contributed by atoms with Gasteiger partial charge in [-0.1, -0.05) is 87.5 Å². The Morgan fingerprint density at radius 2 is 1.81 bits per heavy atom. The summed E-state index contributed by atoms with van der Waals surface area (Å²) in [4.78, 5) is 31.0. The number of oxazole rings is 1. The fraction of sp³-hybridized carbons (Fsp3) is 0.262. The number of aromatic hydroxyl groups is 1. The topological polar surface area (TPSA) is 150 Å². The summed E-state index contributed by atoms with van der Waals surface area (Å²) in [5.41, 5.74) is 6.73. The van der Waals surface area contributed by atoms with Crippen LogP contribution in [0.15, 0.2) is 106 Å². The van der Waals surface area contributed by atoms with Crippen molar-refractivity contribution in [2.45, 2.75) is 64.4 Å². The van der Waals surface area contributed by atoms with Gasteiger partial charge >= 0.3 is 6.09 Å². The van der Waals surface area contributed by atoms with Gasteiger partial charge in [0, 0.05) is 36.5 Å². The van der Waals surface area contributed by atoms with Crippen molar-refractivity contribution in [1.29, 1.82) is 0 Å². The van der Waals surface area contributed by atoms with Crippen molar-refractivity contribution in [3.8, 4) is 16.9 Å². The van der Waals surface area contributed by atoms with Gasteiger partial charge in [0.1, 0.15) is 11.3 Å². The Bertz CT molecular complexity index is 2320. The van der Waals surface area contributed by atoms with Crippen LogP contribution < -0.4 is 16.2 Å². The van der Waals surface area contributed by atoms with Crippen molar-refractivity contribution in [3.05, 3.63) is 130 Å². The first kappa shape index (κ1) is 37.3. The molecule has 6 aromatic rings. The first-order chi connectivity index (χ1) is 25.3. The number of carboxylic acid groups (broad SMARTS) is 1. The summed E-state index contributed by atoms with van der Waals surface area (Å²) in [5, 5.41) is 26.7. The fourth-order valence-corrected chi connectivity index (χ4v) is 7.32. The molecule has 0 spiro atoms. The number of carbonyl (C=O) groups is 1. The van der Waals surface area contributed by atoms with Crippen LogP contribution in [0.3, 0.4) is 0 Å². The SMILES string of the molecule is CC(C)(C)[Si](C)(C)O[C@@H](CNCc1ccc2nc(CC/C=C/c3ccc(-c4ccccc4)c(NC(=O)O)c3)oc2c1)c1ccc(O)c2[nH]c(=O)ccc12. The first-order valence-electron chi connectivity index (χ1n) is 17.8. The number of amides is 1. The van der Waals surface area contributed by atoms with Gasteiger partial charge in [-0.3, -0.25) is 10.1 Å². The van der Waals surface area contributed by atoms with E-state index in [-0.39, 0.29) is 22.5 Å². The molecule has 1 amide bonds. The summed E-state index contributed by atoms with van der Waals surface area (Å²) in [5.74, 6) is 0.664. The van der Waals surface area contributed by atoms with Gasteiger partial charge in [0.25, 0.3) is 0 Å². The number of anilines is 1. The fourth-order valence-electron chi connectivity index (χ4n) is 6.05. The molecule has 0 unspecified atom stereocenters. The molecule has 0 saturated heterocycles. The maximum Gasteiger partial charge on any atom is 0.409 e. The van der Waals surface area contributed by atoms with Crippen molar-refractivity contribution in [1.82, 2.24) is 15.3 Å². The summed E-state index contributed by atoms with van der Waals surface area (Å²) >= 11 is 0. The van der Waals surface area contributed by atoms with E-state index < -0.39 is 14.4 Å². The quantitative estimate of drug-likeness (QED) is 0.0738. The number of phenolic OH excluding ortho intramolecular Hbond substituents is 1. The highest BCUT2D eigenvalue weighted by molar-refractivity contribution is 6.74. The van der Waals surface area contributed by atoms with Crippen LogP contribution in [0.4, 0.5) is 10.5 Å². The highest BCUT2D eigenvalue weighted by Gasteiger charge is 2.39. The molecule has 274 valence electrons. The minimum Gasteiger partial charge on any atom is -0.506 e. The Morgan fingerprint density at radius 3 is 2.57 bits per heavy atom. The Labute approximate surface area is 309 Å². The van der Waals surface area contributed by atoms with Gasteiger partial charge in [0.2, 0.25) is 5.56 Å². The second kappa shape index (κ2) is 15.6. The van der Waals surface area contributed by atoms with Gasteiger partial charge in [-0.05, 0) is 77.1 Å². The lowest BCUT2D eigenvalue weighted by Crippen LogP contribution is -2.43. The van der Waals surface area contributed by atoms with Crippen LogP contribution in [0, 0.1) is 0 Å². The number of benzene rings is 4. The van der Waals surface area contributed by atoms with E-state index in [1.54, 1.807) is 12.1 Å². The van der Waals surface area contributed by atoms with Crippen LogP contribution in [-0.2, 0) is 17.4 Å². The number of allylic oxidation sites excluding steroid dienone is 1. The highest BCUT2D eigenvalue weighted by Crippen LogP contribution is 2.41. The third-order valence-electron chi connectivity index (χ3n) is 9.86. The number of rotatable bonds is 13. The molecule has 5 N–H and O–H groups in total. The largest absolute Gasteiger partial charge is 0.506 e. The maximum absolute atomic E-state index is 12.1. The van der Waals surface area contributed by atoms with E-state index in [9.17, 15) is 19.8 Å². The summed E-state index contributed by atoms with van der Waals surface area (Å²) in [6.07, 6.45) is 3.87. The third-order valence-corrected chi connectivity index (χ3v) is 14.3. The molecular formula is C42H46N4O6Si. The molecule has 53 heavy (non-hydrogen) atoms. The number of phenols is 1. The highest BCUT2D eigenvalue weighted by atomic mass is 28.4. The monoisotopic (exact) mass is 730 g/mol. The van der Waals surface area contributed by atoms with Crippen molar-refractivity contribution in [2.75, 3.05) is 11.9 Å². The predicted octanol–water partition coefficient (Wildman–Crippen LogP) is 9.63. The third kappa shape index (κ3) is 8.94. The Balaban J connectivity index is 1.11. The first-order valence-corrected chi connectivity index (χ1v) is 20.7. The van der Waals surface area contributed by atoms with Gasteiger partial charge in [-0.2, -0.15) is 0 Å². The Morgan fingerprint density at radius 1 is 1.02 bits per heavy atom. The van der Waals surface area contributed by atoms with Crippen LogP contribution in [0.1, 0.15) is 55.9 Å². The molecule has 1 atom stereocenters. The molecule has 0 aliphatic carbocycles. The van der Waals surface area contributed by atoms with Gasteiger partial charge in [-0.25, -0.2) is 9.78 Å². The number of nitrogens with one attached hydrogen (secondary N) is 3. The maximum atomic E-state index is 12.1. The number of fused-ring (bicyclic) bond motifs is 2. The smallest absolute Gasteiger partial charge is 0.409 e. The van der Waals surface area contributed by atoms with Gasteiger partial charge in [-0.15, -0.1) is 0 Å². The molecular weight excluding hydrogens is 685 g/mol. The van der Waals surface area contributed by atoms with E-state index in [4.69, 9.17) is 8.84 Å². The zero-order chi connectivity index (χ0) is 37.8. The van der Waals surface area contributed by atoms with E-state index in [2.05, 4.69) is 54.5 Å². The molecule has 2 heterocycles. The lowest BCUT2D eigenvalue weighted by atomic mass is 10.0. The molecule has 0 aliphatic heterocycles. The molecule has 6 rings (SSSR count). The van der Waals surface area contributed by atoms with Gasteiger partial charge < -0.3 is 29.4 Å². The number of hydrogen-bond acceptors (Lipinski definition) is 7. The van der Waals surface area contributed by atoms with E-state index >= 15 is 0 Å². The van der Waals surface area contributed by atoms with E-state index in [0.717, 1.165) is 38.7 Å². The van der Waals surface area contributed by atoms with Crippen molar-refractivity contribution in [3.63, 3.8) is 0 Å². The van der Waals surface area contributed by atoms with Gasteiger partial charge in [0.05, 0.1) is 17.3 Å². The minimum absolute atomic E-state index is 0.0196. The van der Waals surface area contributed by atoms with Crippen LogP contribution in [0.5, 0.6) is 5.75 Å². The molecule has 10 nitrogen and oxygen atoms in total. The average Bonchev–Trinajstić information content (AvgIpc) is 3.52. The molecule has 11 heteroatoms. The van der Waals surface area contributed by atoms with Crippen molar-refractivity contribution >= 4 is 48.2 Å². The van der Waals surface area contributed by atoms with Gasteiger partial charge in [0.15, 0.2) is 19.8 Å². The average molecular weight is 731 g/mol. The number of pyridine rings is 1. The minimum atomic E-state index is -2.21. The zero-order valence-electron chi connectivity index (χ0n) is 30.7. The number of nitrogens with zero attached hydrogens (tertiary/aromatic N) is 1. The summed E-state index contributed by atoms with van der Waals surface area (Å²) in [7, 11) is -2.21. The summed E-state index contributed by atoms with van der Waals surface area (Å²) < 4.78 is 13.1. The summed E-state index contributed by atoms with van der Waals surface area (Å²) in [6.45, 7) is 12.1. The number of aryl methyl sites for hydroxylation is 1. The number of aromatic amines is 1. The van der Waals surface area contributed by atoms with Crippen LogP contribution >= 0.6 is 0 Å². The zero-order valence-corrected chi connectivity index (χ0v) is 31.7. The van der Waals surface area contributed by atoms with Crippen LogP contribution in [0.2, 0.25) is 18.1 Å². The summed E-state index contributed by atoms with van der Waals surface area (Å²) in [6, 6.07) is 28.1. The molecule has 2 aromatic heterocycles. The molecule has 0 radical (unpaired) electrons. The Hall–Kier alpha value is -5.49. The second-order valence-electron chi connectivity index (χ2n) is 14.7. The van der Waals surface area contributed by atoms with Crippen LogP contribution in [-0.4, -0.2) is 41.1 Å². The molecule has 4 aromatic carbocycles. The molecule has 0 saturated carbocycles. The standard InChI is InChI=1S/C42H46N4O6Si/c1-42(2,3)53(4,5)52-37(31-18-21-35(47)40-32(31)19-22-38(48)46-40)26-43-25-28-16-20-33-36(24-28)51-39(44-33)14-10-9-11-27-15-17-30(29-12-7-6-8-13-29)34(23-27)45-41(49)50/h6-9,11-13,15-24,37,43,45,47H,10,14,25-26H2,1-5H3,(H,46,48)(H,49,50)/b11-9+/t37-/m0/s1. The number of aromatic nitrogens is 2. The van der Waals surface area contributed by atoms with Crippen LogP contribution in [0.25, 0.3) is 39.2 Å². The molecule has 0 fully saturated rings. The normalized spacial score (nSPS) is 12.8. The van der Waals surface area contributed by atoms with E-state index in [1.807, 2.05) is 84.9 Å². The predicted molar refractivity (Wildman–Crippen MR) is 214 cm³/mol. The van der Waals surface area contributed by atoms with Crippen molar-refractivity contribution in [2.24, 2.45) is 0 Å². The lowest BCUT2D eigenvalue weighted by molar-refractivity contribution is 0.181. The van der Waals surface area contributed by atoms with E-state index in [0.29, 0.717) is 48.6 Å². The number of hydrogen-bond donors (Lipinski definition) is 5. The second-order valence-corrected chi connectivity index (χ2v) is 19.5. The molecule has 0 aliphatic rings. The number of H-pyrrole nitrogens is 1. The van der Waals surface area contributed by atoms with E-state index in [1.165, 1.54) is 6.07 Å². The molecule has 0 bridgehead atoms. The lowest BCUT2D eigenvalue weighted by Gasteiger charge is -2.39. The van der Waals surface area contributed by atoms with Crippen molar-refractivity contribution < 1.29 is 23.9 Å².